The van der Waals surface area contributed by atoms with E-state index in [2.05, 4.69) is 26.6 Å². The van der Waals surface area contributed by atoms with Crippen molar-refractivity contribution < 1.29 is 18.0 Å². The SMILES string of the molecule is O=C(Nc1ccc(Br)c(C(F)(F)F)c1)C1CSCN1. The molecule has 1 unspecified atom stereocenters. The topological polar surface area (TPSA) is 41.1 Å². The molecule has 0 spiro atoms. The molecular weight excluding hydrogens is 345 g/mol. The Labute approximate surface area is 120 Å². The Morgan fingerprint density at radius 1 is 1.47 bits per heavy atom. The first-order valence-electron chi connectivity index (χ1n) is 5.36. The second-order valence-electron chi connectivity index (χ2n) is 3.95. The number of thioether (sulfide) groups is 1. The van der Waals surface area contributed by atoms with Crippen LogP contribution in [0.2, 0.25) is 0 Å². The van der Waals surface area contributed by atoms with E-state index in [9.17, 15) is 18.0 Å². The third kappa shape index (κ3) is 3.64. The molecule has 1 amide bonds. The summed E-state index contributed by atoms with van der Waals surface area (Å²) in [5.41, 5.74) is -0.668. The highest BCUT2D eigenvalue weighted by atomic mass is 79.9. The lowest BCUT2D eigenvalue weighted by atomic mass is 10.2. The van der Waals surface area contributed by atoms with Gasteiger partial charge in [0.25, 0.3) is 0 Å². The quantitative estimate of drug-likeness (QED) is 0.857. The van der Waals surface area contributed by atoms with Gasteiger partial charge in [-0.15, -0.1) is 11.8 Å². The van der Waals surface area contributed by atoms with Gasteiger partial charge in [-0.25, -0.2) is 0 Å². The molecule has 1 aliphatic rings. The van der Waals surface area contributed by atoms with Crippen molar-refractivity contribution in [3.63, 3.8) is 0 Å². The van der Waals surface area contributed by atoms with Crippen LogP contribution in [-0.4, -0.2) is 23.6 Å². The van der Waals surface area contributed by atoms with Gasteiger partial charge in [-0.3, -0.25) is 10.1 Å². The fourth-order valence-corrected chi connectivity index (χ4v) is 3.03. The van der Waals surface area contributed by atoms with Gasteiger partial charge in [0.1, 0.15) is 0 Å². The van der Waals surface area contributed by atoms with Crippen LogP contribution in [0.5, 0.6) is 0 Å². The number of hydrogen-bond acceptors (Lipinski definition) is 3. The summed E-state index contributed by atoms with van der Waals surface area (Å²) < 4.78 is 38.1. The van der Waals surface area contributed by atoms with Crippen molar-refractivity contribution in [3.05, 3.63) is 28.2 Å². The Bertz CT molecular complexity index is 489. The maximum absolute atomic E-state index is 12.7. The highest BCUT2D eigenvalue weighted by Crippen LogP contribution is 2.36. The van der Waals surface area contributed by atoms with Crippen molar-refractivity contribution in [2.24, 2.45) is 0 Å². The van der Waals surface area contributed by atoms with Crippen molar-refractivity contribution in [3.8, 4) is 0 Å². The van der Waals surface area contributed by atoms with Crippen LogP contribution in [0.25, 0.3) is 0 Å². The van der Waals surface area contributed by atoms with Gasteiger partial charge in [-0.2, -0.15) is 13.2 Å². The van der Waals surface area contributed by atoms with Crippen LogP contribution >= 0.6 is 27.7 Å². The normalized spacial score (nSPS) is 19.5. The zero-order valence-electron chi connectivity index (χ0n) is 9.55. The number of carbonyl (C=O) groups excluding carboxylic acids is 1. The maximum atomic E-state index is 12.7. The first kappa shape index (κ1) is 14.7. The molecule has 2 rings (SSSR count). The Hall–Kier alpha value is -0.730. The van der Waals surface area contributed by atoms with E-state index in [-0.39, 0.29) is 22.1 Å². The molecule has 1 aromatic carbocycles. The molecule has 1 aromatic rings. The summed E-state index contributed by atoms with van der Waals surface area (Å²) in [5.74, 6) is 0.973. The summed E-state index contributed by atoms with van der Waals surface area (Å²) in [6.07, 6.45) is -4.46. The van der Waals surface area contributed by atoms with Crippen LogP contribution in [-0.2, 0) is 11.0 Å². The van der Waals surface area contributed by atoms with Crippen LogP contribution in [0.15, 0.2) is 22.7 Å². The minimum atomic E-state index is -4.46. The summed E-state index contributed by atoms with van der Waals surface area (Å²) in [6.45, 7) is 0. The summed E-state index contributed by atoms with van der Waals surface area (Å²) in [4.78, 5) is 11.8. The average molecular weight is 355 g/mol. The van der Waals surface area contributed by atoms with Crippen molar-refractivity contribution in [2.45, 2.75) is 12.2 Å². The van der Waals surface area contributed by atoms with Gasteiger partial charge in [-0.05, 0) is 18.2 Å². The van der Waals surface area contributed by atoms with Crippen LogP contribution in [0.4, 0.5) is 18.9 Å². The monoisotopic (exact) mass is 354 g/mol. The van der Waals surface area contributed by atoms with E-state index in [0.29, 0.717) is 11.6 Å². The van der Waals surface area contributed by atoms with Gasteiger partial charge >= 0.3 is 6.18 Å². The van der Waals surface area contributed by atoms with Gasteiger partial charge in [0.05, 0.1) is 11.6 Å². The van der Waals surface area contributed by atoms with E-state index in [1.54, 1.807) is 11.8 Å². The molecule has 104 valence electrons. The lowest BCUT2D eigenvalue weighted by Gasteiger charge is -2.14. The molecule has 0 bridgehead atoms. The summed E-state index contributed by atoms with van der Waals surface area (Å²) >= 11 is 4.42. The molecule has 2 N–H and O–H groups in total. The predicted molar refractivity (Wildman–Crippen MR) is 72.0 cm³/mol. The highest BCUT2D eigenvalue weighted by molar-refractivity contribution is 9.10. The molecule has 0 saturated carbocycles. The molecule has 1 atom stereocenters. The second kappa shape index (κ2) is 5.72. The Kier molecular flexibility index (Phi) is 4.42. The standard InChI is InChI=1S/C11H10BrF3N2OS/c12-8-2-1-6(3-7(8)11(13,14)15)17-10(18)9-4-19-5-16-9/h1-3,9,16H,4-5H2,(H,17,18). The Morgan fingerprint density at radius 2 is 2.21 bits per heavy atom. The first-order valence-corrected chi connectivity index (χ1v) is 7.31. The zero-order chi connectivity index (χ0) is 14.0. The Morgan fingerprint density at radius 3 is 2.79 bits per heavy atom. The van der Waals surface area contributed by atoms with E-state index in [4.69, 9.17) is 0 Å². The largest absolute Gasteiger partial charge is 0.417 e. The highest BCUT2D eigenvalue weighted by Gasteiger charge is 2.33. The second-order valence-corrected chi connectivity index (χ2v) is 5.84. The number of amides is 1. The predicted octanol–water partition coefficient (Wildman–Crippen LogP) is 3.07. The molecule has 1 aliphatic heterocycles. The molecule has 0 radical (unpaired) electrons. The number of anilines is 1. The number of halogens is 4. The summed E-state index contributed by atoms with van der Waals surface area (Å²) in [5, 5.41) is 5.44. The Balaban J connectivity index is 2.15. The number of carbonyl (C=O) groups is 1. The third-order valence-electron chi connectivity index (χ3n) is 2.57. The molecule has 0 aliphatic carbocycles. The molecule has 1 saturated heterocycles. The van der Waals surface area contributed by atoms with Gasteiger partial charge < -0.3 is 5.32 Å². The van der Waals surface area contributed by atoms with Crippen LogP contribution in [0.1, 0.15) is 5.56 Å². The molecule has 0 aromatic heterocycles. The van der Waals surface area contributed by atoms with E-state index in [1.807, 2.05) is 0 Å². The van der Waals surface area contributed by atoms with Crippen molar-refractivity contribution >= 4 is 39.3 Å². The zero-order valence-corrected chi connectivity index (χ0v) is 12.0. The number of hydrogen-bond donors (Lipinski definition) is 2. The maximum Gasteiger partial charge on any atom is 0.417 e. The van der Waals surface area contributed by atoms with Crippen LogP contribution in [0, 0.1) is 0 Å². The lowest BCUT2D eigenvalue weighted by molar-refractivity contribution is -0.138. The number of alkyl halides is 3. The molecule has 8 heteroatoms. The van der Waals surface area contributed by atoms with Crippen molar-refractivity contribution in [1.82, 2.24) is 5.32 Å². The minimum absolute atomic E-state index is 0.0486. The molecule has 3 nitrogen and oxygen atoms in total. The molecule has 1 fully saturated rings. The molecule has 1 heterocycles. The van der Waals surface area contributed by atoms with Gasteiger partial charge in [-0.1, -0.05) is 15.9 Å². The third-order valence-corrected chi connectivity index (χ3v) is 4.20. The van der Waals surface area contributed by atoms with E-state index in [1.165, 1.54) is 12.1 Å². The number of rotatable bonds is 2. The number of benzene rings is 1. The number of nitrogens with one attached hydrogen (secondary N) is 2. The molecule has 19 heavy (non-hydrogen) atoms. The van der Waals surface area contributed by atoms with Crippen molar-refractivity contribution in [2.75, 3.05) is 16.9 Å². The van der Waals surface area contributed by atoms with Crippen LogP contribution < -0.4 is 10.6 Å². The van der Waals surface area contributed by atoms with Gasteiger partial charge in [0, 0.05) is 21.8 Å². The lowest BCUT2D eigenvalue weighted by Crippen LogP contribution is -2.37. The van der Waals surface area contributed by atoms with Gasteiger partial charge in [0.15, 0.2) is 0 Å². The fraction of sp³-hybridized carbons (Fsp3) is 0.364. The summed E-state index contributed by atoms with van der Waals surface area (Å²) in [7, 11) is 0. The van der Waals surface area contributed by atoms with Crippen molar-refractivity contribution in [1.29, 1.82) is 0 Å². The van der Waals surface area contributed by atoms with E-state index in [0.717, 1.165) is 6.07 Å². The smallest absolute Gasteiger partial charge is 0.325 e. The summed E-state index contributed by atoms with van der Waals surface area (Å²) in [6, 6.07) is 3.27. The van der Waals surface area contributed by atoms with Gasteiger partial charge in [0.2, 0.25) is 5.91 Å². The van der Waals surface area contributed by atoms with E-state index < -0.39 is 11.7 Å². The fourth-order valence-electron chi connectivity index (χ4n) is 1.61. The molecular formula is C11H10BrF3N2OS. The average Bonchev–Trinajstić information content (AvgIpc) is 2.83. The van der Waals surface area contributed by atoms with Crippen LogP contribution in [0.3, 0.4) is 0 Å². The van der Waals surface area contributed by atoms with E-state index >= 15 is 0 Å². The minimum Gasteiger partial charge on any atom is -0.325 e. The first-order chi connectivity index (χ1) is 8.88.